The number of carbonyl (C=O) groups is 1. The van der Waals surface area contributed by atoms with Crippen molar-refractivity contribution in [3.05, 3.63) is 11.6 Å². The Morgan fingerprint density at radius 3 is 2.68 bits per heavy atom. The minimum Gasteiger partial charge on any atom is -0.389 e. The van der Waals surface area contributed by atoms with E-state index in [1.54, 1.807) is 0 Å². The lowest BCUT2D eigenvalue weighted by Crippen LogP contribution is -2.52. The first-order valence-corrected chi connectivity index (χ1v) is 9.39. The van der Waals surface area contributed by atoms with Crippen LogP contribution in [0.4, 0.5) is 0 Å². The van der Waals surface area contributed by atoms with Crippen molar-refractivity contribution in [2.24, 2.45) is 40.4 Å². The van der Waals surface area contributed by atoms with Crippen LogP contribution in [0.1, 0.15) is 58.8 Å². The average molecular weight is 300 g/mol. The molecule has 120 valence electrons. The summed E-state index contributed by atoms with van der Waals surface area (Å²) < 4.78 is 0. The highest BCUT2D eigenvalue weighted by atomic mass is 16.3. The number of fused-ring (bicyclic) bond motifs is 7. The highest BCUT2D eigenvalue weighted by molar-refractivity contribution is 5.92. The molecule has 22 heavy (non-hydrogen) atoms. The number of allylic oxidation sites excluding steroid dienone is 1. The fourth-order valence-corrected chi connectivity index (χ4v) is 7.37. The monoisotopic (exact) mass is 300 g/mol. The molecule has 8 atom stereocenters. The zero-order valence-corrected chi connectivity index (χ0v) is 13.8. The van der Waals surface area contributed by atoms with Crippen LogP contribution in [0.5, 0.6) is 0 Å². The SMILES string of the molecule is CC12CCC(O)C=C1CCC1C2CCC2(C)C(=O)C3CC3C12. The van der Waals surface area contributed by atoms with E-state index in [9.17, 15) is 9.90 Å². The number of carbonyl (C=O) groups excluding carboxylic acids is 1. The van der Waals surface area contributed by atoms with Gasteiger partial charge in [0.15, 0.2) is 0 Å². The molecule has 2 heteroatoms. The third kappa shape index (κ3) is 1.48. The Kier molecular flexibility index (Phi) is 2.54. The van der Waals surface area contributed by atoms with E-state index in [-0.39, 0.29) is 11.5 Å². The maximum Gasteiger partial charge on any atom is 0.142 e. The van der Waals surface area contributed by atoms with Crippen molar-refractivity contribution in [2.75, 3.05) is 0 Å². The number of aliphatic hydroxyl groups is 1. The van der Waals surface area contributed by atoms with Gasteiger partial charge >= 0.3 is 0 Å². The third-order valence-corrected chi connectivity index (χ3v) is 8.54. The van der Waals surface area contributed by atoms with E-state index in [1.165, 1.54) is 24.8 Å². The summed E-state index contributed by atoms with van der Waals surface area (Å²) >= 11 is 0. The van der Waals surface area contributed by atoms with E-state index in [0.717, 1.165) is 43.4 Å². The van der Waals surface area contributed by atoms with Gasteiger partial charge in [0.25, 0.3) is 0 Å². The molecular weight excluding hydrogens is 272 g/mol. The van der Waals surface area contributed by atoms with Crippen molar-refractivity contribution in [3.63, 3.8) is 0 Å². The van der Waals surface area contributed by atoms with Gasteiger partial charge in [-0.1, -0.05) is 25.5 Å². The zero-order chi connectivity index (χ0) is 15.3. The van der Waals surface area contributed by atoms with Crippen LogP contribution in [0.25, 0.3) is 0 Å². The van der Waals surface area contributed by atoms with Crippen LogP contribution in [0.2, 0.25) is 0 Å². The molecule has 0 aliphatic heterocycles. The maximum atomic E-state index is 12.7. The largest absolute Gasteiger partial charge is 0.389 e. The van der Waals surface area contributed by atoms with E-state index >= 15 is 0 Å². The Hall–Kier alpha value is -0.630. The molecule has 0 radical (unpaired) electrons. The second-order valence-corrected chi connectivity index (χ2v) is 9.38. The van der Waals surface area contributed by atoms with Gasteiger partial charge in [0.2, 0.25) is 0 Å². The Morgan fingerprint density at radius 2 is 1.86 bits per heavy atom. The number of ketones is 1. The van der Waals surface area contributed by atoms with Gasteiger partial charge in [-0.15, -0.1) is 0 Å². The zero-order valence-electron chi connectivity index (χ0n) is 13.8. The van der Waals surface area contributed by atoms with Crippen LogP contribution in [0.3, 0.4) is 0 Å². The Labute approximate surface area is 133 Å². The molecule has 0 bridgehead atoms. The molecule has 1 N–H and O–H groups in total. The van der Waals surface area contributed by atoms with E-state index in [2.05, 4.69) is 19.9 Å². The maximum absolute atomic E-state index is 12.7. The molecule has 2 nitrogen and oxygen atoms in total. The van der Waals surface area contributed by atoms with Gasteiger partial charge in [0.05, 0.1) is 6.10 Å². The summed E-state index contributed by atoms with van der Waals surface area (Å²) in [4.78, 5) is 12.7. The fraction of sp³-hybridized carbons (Fsp3) is 0.850. The molecule has 5 aliphatic carbocycles. The summed E-state index contributed by atoms with van der Waals surface area (Å²) in [7, 11) is 0. The molecule has 4 fully saturated rings. The topological polar surface area (TPSA) is 37.3 Å². The van der Waals surface area contributed by atoms with E-state index in [1.807, 2.05) is 0 Å². The van der Waals surface area contributed by atoms with E-state index in [4.69, 9.17) is 0 Å². The number of hydrogen-bond acceptors (Lipinski definition) is 2. The van der Waals surface area contributed by atoms with Crippen LogP contribution in [0.15, 0.2) is 11.6 Å². The van der Waals surface area contributed by atoms with Crippen molar-refractivity contribution in [2.45, 2.75) is 64.9 Å². The Morgan fingerprint density at radius 1 is 1.09 bits per heavy atom. The number of hydrogen-bond donors (Lipinski definition) is 1. The quantitative estimate of drug-likeness (QED) is 0.692. The number of rotatable bonds is 0. The number of aliphatic hydroxyl groups excluding tert-OH is 1. The lowest BCUT2D eigenvalue weighted by atomic mass is 9.46. The molecular formula is C20H28O2. The van der Waals surface area contributed by atoms with Crippen LogP contribution in [-0.4, -0.2) is 17.0 Å². The normalized spacial score (nSPS) is 59.0. The van der Waals surface area contributed by atoms with Gasteiger partial charge in [-0.3, -0.25) is 4.79 Å². The minimum absolute atomic E-state index is 0.0144. The van der Waals surface area contributed by atoms with E-state index in [0.29, 0.717) is 23.0 Å². The van der Waals surface area contributed by atoms with Crippen LogP contribution < -0.4 is 0 Å². The van der Waals surface area contributed by atoms with Crippen LogP contribution in [-0.2, 0) is 4.79 Å². The first kappa shape index (κ1) is 13.8. The molecule has 0 saturated heterocycles. The second-order valence-electron chi connectivity index (χ2n) is 9.38. The van der Waals surface area contributed by atoms with Gasteiger partial charge < -0.3 is 5.11 Å². The van der Waals surface area contributed by atoms with Gasteiger partial charge in [0.1, 0.15) is 5.78 Å². The highest BCUT2D eigenvalue weighted by Crippen LogP contribution is 2.72. The third-order valence-electron chi connectivity index (χ3n) is 8.54. The molecule has 0 spiro atoms. The van der Waals surface area contributed by atoms with Crippen LogP contribution >= 0.6 is 0 Å². The number of Topliss-reactive ketones (excluding diaryl/α,β-unsaturated/α-hetero) is 1. The summed E-state index contributed by atoms with van der Waals surface area (Å²) in [5, 5.41) is 10.0. The first-order chi connectivity index (χ1) is 10.4. The summed E-state index contributed by atoms with van der Waals surface area (Å²) in [5.74, 6) is 3.98. The molecule has 0 aromatic rings. The molecule has 0 heterocycles. The summed E-state index contributed by atoms with van der Waals surface area (Å²) in [6.07, 6.45) is 10.00. The molecule has 0 aromatic carbocycles. The average Bonchev–Trinajstić information content (AvgIpc) is 3.22. The standard InChI is InChI=1S/C20H28O2/c1-19-7-5-12(21)9-11(19)3-4-13-16(19)6-8-20(2)17(13)14-10-15(14)18(20)22/h9,12-17,21H,3-8,10H2,1-2H3. The lowest BCUT2D eigenvalue weighted by molar-refractivity contribution is -0.136. The molecule has 4 saturated carbocycles. The lowest BCUT2D eigenvalue weighted by Gasteiger charge is -2.57. The second kappa shape index (κ2) is 4.06. The minimum atomic E-state index is -0.214. The molecule has 0 aromatic heterocycles. The first-order valence-electron chi connectivity index (χ1n) is 9.39. The Bertz CT molecular complexity index is 578. The van der Waals surface area contributed by atoms with Crippen molar-refractivity contribution in [1.29, 1.82) is 0 Å². The molecule has 5 aliphatic rings. The predicted molar refractivity (Wildman–Crippen MR) is 85.1 cm³/mol. The molecule has 8 unspecified atom stereocenters. The summed E-state index contributed by atoms with van der Waals surface area (Å²) in [6, 6.07) is 0. The smallest absolute Gasteiger partial charge is 0.142 e. The van der Waals surface area contributed by atoms with Gasteiger partial charge in [0, 0.05) is 11.3 Å². The summed E-state index contributed by atoms with van der Waals surface area (Å²) in [5.41, 5.74) is 1.85. The van der Waals surface area contributed by atoms with Crippen molar-refractivity contribution in [1.82, 2.24) is 0 Å². The van der Waals surface area contributed by atoms with Crippen molar-refractivity contribution < 1.29 is 9.90 Å². The summed E-state index contributed by atoms with van der Waals surface area (Å²) in [6.45, 7) is 4.76. The van der Waals surface area contributed by atoms with Gasteiger partial charge in [-0.05, 0) is 74.0 Å². The molecule has 0 amide bonds. The van der Waals surface area contributed by atoms with Crippen molar-refractivity contribution >= 4 is 5.78 Å². The molecule has 5 rings (SSSR count). The highest BCUT2D eigenvalue weighted by Gasteiger charge is 2.70. The van der Waals surface area contributed by atoms with E-state index < -0.39 is 0 Å². The van der Waals surface area contributed by atoms with Crippen molar-refractivity contribution in [3.8, 4) is 0 Å². The van der Waals surface area contributed by atoms with Crippen LogP contribution in [0, 0.1) is 40.4 Å². The van der Waals surface area contributed by atoms with Gasteiger partial charge in [-0.25, -0.2) is 0 Å². The fourth-order valence-electron chi connectivity index (χ4n) is 7.37. The Balaban J connectivity index is 1.53. The predicted octanol–water partition coefficient (Wildman–Crippen LogP) is 3.74. The van der Waals surface area contributed by atoms with Gasteiger partial charge in [-0.2, -0.15) is 0 Å².